The first-order valence-electron chi connectivity index (χ1n) is 5.49. The van der Waals surface area contributed by atoms with Crippen LogP contribution in [0.1, 0.15) is 10.6 Å². The lowest BCUT2D eigenvalue weighted by Gasteiger charge is -2.10. The molecule has 1 aromatic heterocycles. The van der Waals surface area contributed by atoms with E-state index in [1.165, 1.54) is 0 Å². The lowest BCUT2D eigenvalue weighted by molar-refractivity contribution is 0.623. The van der Waals surface area contributed by atoms with Crippen molar-refractivity contribution in [1.82, 2.24) is 4.98 Å². The maximum Gasteiger partial charge on any atom is 0.161 e. The lowest BCUT2D eigenvalue weighted by Crippen LogP contribution is -2.12. The van der Waals surface area contributed by atoms with E-state index in [1.807, 2.05) is 5.38 Å². The number of rotatable bonds is 5. The third kappa shape index (κ3) is 3.49. The number of nitrogens with one attached hydrogen (secondary N) is 1. The zero-order valence-corrected chi connectivity index (χ0v) is 13.0. The number of hydrogen-bond acceptors (Lipinski definition) is 4. The number of thiocarbonyl (C=S) groups is 1. The van der Waals surface area contributed by atoms with E-state index < -0.39 is 0 Å². The van der Waals surface area contributed by atoms with Crippen molar-refractivity contribution in [3.05, 3.63) is 44.6 Å². The lowest BCUT2D eigenvalue weighted by atomic mass is 10.2. The van der Waals surface area contributed by atoms with Gasteiger partial charge in [-0.25, -0.2) is 9.37 Å². The first-order chi connectivity index (χ1) is 9.09. The van der Waals surface area contributed by atoms with E-state index in [4.69, 9.17) is 18.0 Å². The average Bonchev–Trinajstić information content (AvgIpc) is 2.87. The molecule has 0 bridgehead atoms. The van der Waals surface area contributed by atoms with Gasteiger partial charge in [0.1, 0.15) is 4.99 Å². The Morgan fingerprint density at radius 3 is 2.95 bits per heavy atom. The third-order valence-corrected chi connectivity index (χ3v) is 4.32. The van der Waals surface area contributed by atoms with Crippen molar-refractivity contribution >= 4 is 50.2 Å². The van der Waals surface area contributed by atoms with E-state index in [9.17, 15) is 4.39 Å². The van der Waals surface area contributed by atoms with Gasteiger partial charge in [0.05, 0.1) is 15.2 Å². The van der Waals surface area contributed by atoms with Gasteiger partial charge in [0.15, 0.2) is 5.82 Å². The second-order valence-corrected chi connectivity index (χ2v) is 5.97. The van der Waals surface area contributed by atoms with Gasteiger partial charge >= 0.3 is 0 Å². The highest BCUT2D eigenvalue weighted by Gasteiger charge is 2.12. The van der Waals surface area contributed by atoms with Gasteiger partial charge in [-0.05, 0) is 28.1 Å². The summed E-state index contributed by atoms with van der Waals surface area (Å²) >= 11 is 9.60. The number of hydrogen-bond donors (Lipinski definition) is 2. The fraction of sp³-hybridized carbons (Fsp3) is 0.167. The summed E-state index contributed by atoms with van der Waals surface area (Å²) in [6, 6.07) is 3.33. The Kier molecular flexibility index (Phi) is 4.84. The van der Waals surface area contributed by atoms with Gasteiger partial charge in [-0.2, -0.15) is 0 Å². The largest absolute Gasteiger partial charge is 0.389 e. The molecule has 19 heavy (non-hydrogen) atoms. The minimum absolute atomic E-state index is 0.167. The zero-order chi connectivity index (χ0) is 13.8. The molecule has 3 nitrogen and oxygen atoms in total. The molecule has 0 fully saturated rings. The fourth-order valence-electron chi connectivity index (χ4n) is 1.56. The molecule has 3 N–H and O–H groups in total. The van der Waals surface area contributed by atoms with Crippen LogP contribution in [-0.4, -0.2) is 16.5 Å². The van der Waals surface area contributed by atoms with E-state index in [0.29, 0.717) is 22.3 Å². The van der Waals surface area contributed by atoms with Gasteiger partial charge in [0.2, 0.25) is 0 Å². The number of thiazole rings is 1. The molecule has 0 saturated heterocycles. The Morgan fingerprint density at radius 2 is 2.32 bits per heavy atom. The molecule has 100 valence electrons. The summed E-state index contributed by atoms with van der Waals surface area (Å²) in [7, 11) is 0. The van der Waals surface area contributed by atoms with Gasteiger partial charge in [-0.15, -0.1) is 11.3 Å². The number of anilines is 1. The molecule has 2 rings (SSSR count). The summed E-state index contributed by atoms with van der Waals surface area (Å²) in [5.74, 6) is -0.385. The van der Waals surface area contributed by atoms with Gasteiger partial charge < -0.3 is 11.1 Å². The van der Waals surface area contributed by atoms with Crippen LogP contribution >= 0.6 is 39.5 Å². The topological polar surface area (TPSA) is 50.9 Å². The average molecular weight is 360 g/mol. The van der Waals surface area contributed by atoms with Gasteiger partial charge in [0.25, 0.3) is 0 Å². The first kappa shape index (κ1) is 14.4. The summed E-state index contributed by atoms with van der Waals surface area (Å²) in [6.45, 7) is 0.614. The minimum Gasteiger partial charge on any atom is -0.389 e. The van der Waals surface area contributed by atoms with Crippen LogP contribution in [0.15, 0.2) is 28.2 Å². The van der Waals surface area contributed by atoms with E-state index in [1.54, 1.807) is 29.7 Å². The van der Waals surface area contributed by atoms with Crippen molar-refractivity contribution in [2.45, 2.75) is 6.42 Å². The number of nitrogens with zero attached hydrogens (tertiary/aromatic N) is 1. The molecular weight excluding hydrogens is 349 g/mol. The van der Waals surface area contributed by atoms with E-state index in [2.05, 4.69) is 26.2 Å². The highest BCUT2D eigenvalue weighted by atomic mass is 79.9. The Balaban J connectivity index is 2.05. The monoisotopic (exact) mass is 359 g/mol. The van der Waals surface area contributed by atoms with E-state index >= 15 is 0 Å². The molecule has 1 aromatic carbocycles. The second kappa shape index (κ2) is 6.40. The normalized spacial score (nSPS) is 10.4. The summed E-state index contributed by atoms with van der Waals surface area (Å²) < 4.78 is 14.3. The van der Waals surface area contributed by atoms with Crippen LogP contribution in [-0.2, 0) is 6.42 Å². The Bertz CT molecular complexity index is 587. The number of halogens is 2. The molecule has 2 aromatic rings. The van der Waals surface area contributed by atoms with Gasteiger partial charge in [0, 0.05) is 30.1 Å². The predicted octanol–water partition coefficient (Wildman–Crippen LogP) is 3.33. The predicted molar refractivity (Wildman–Crippen MR) is 84.3 cm³/mol. The van der Waals surface area contributed by atoms with Crippen molar-refractivity contribution < 1.29 is 4.39 Å². The van der Waals surface area contributed by atoms with E-state index in [-0.39, 0.29) is 10.8 Å². The Morgan fingerprint density at radius 1 is 1.53 bits per heavy atom. The van der Waals surface area contributed by atoms with Crippen LogP contribution in [0, 0.1) is 5.82 Å². The molecule has 0 spiro atoms. The zero-order valence-electron chi connectivity index (χ0n) is 9.82. The number of nitrogens with two attached hydrogens (primary N) is 1. The third-order valence-electron chi connectivity index (χ3n) is 2.49. The second-order valence-electron chi connectivity index (χ2n) is 3.76. The Hall–Kier alpha value is -1.05. The quantitative estimate of drug-likeness (QED) is 0.803. The molecule has 0 atom stereocenters. The highest BCUT2D eigenvalue weighted by molar-refractivity contribution is 9.10. The Labute approximate surface area is 128 Å². The number of aromatic nitrogens is 1. The summed E-state index contributed by atoms with van der Waals surface area (Å²) in [5.41, 5.74) is 6.42. The maximum atomic E-state index is 14.1. The maximum absolute atomic E-state index is 14.1. The fourth-order valence-corrected chi connectivity index (χ4v) is 3.04. The van der Waals surface area contributed by atoms with Crippen molar-refractivity contribution in [3.63, 3.8) is 0 Å². The smallest absolute Gasteiger partial charge is 0.161 e. The molecular formula is C12H11BrFN3S2. The molecule has 0 aliphatic carbocycles. The van der Waals surface area contributed by atoms with Crippen LogP contribution in [0.3, 0.4) is 0 Å². The summed E-state index contributed by atoms with van der Waals surface area (Å²) in [5, 5.41) is 5.98. The van der Waals surface area contributed by atoms with Crippen LogP contribution < -0.4 is 11.1 Å². The molecule has 7 heteroatoms. The van der Waals surface area contributed by atoms with Crippen LogP contribution in [0.25, 0.3) is 0 Å². The van der Waals surface area contributed by atoms with Crippen LogP contribution in [0.5, 0.6) is 0 Å². The minimum atomic E-state index is -0.385. The van der Waals surface area contributed by atoms with Gasteiger partial charge in [-0.1, -0.05) is 12.2 Å². The molecule has 0 unspecified atom stereocenters. The van der Waals surface area contributed by atoms with Crippen molar-refractivity contribution in [3.8, 4) is 0 Å². The van der Waals surface area contributed by atoms with Gasteiger partial charge in [-0.3, -0.25) is 0 Å². The molecule has 1 heterocycles. The molecule has 0 radical (unpaired) electrons. The highest BCUT2D eigenvalue weighted by Crippen LogP contribution is 2.27. The standard InChI is InChI=1S/C12H11BrFN3S2/c13-10-7(12(15)18)1-2-8(11(10)14)16-4-3-9-17-5-6-19-9/h1-2,5-6,16H,3-4H2,(H2,15,18). The molecule has 0 aliphatic heterocycles. The van der Waals surface area contributed by atoms with E-state index in [0.717, 1.165) is 11.4 Å². The van der Waals surface area contributed by atoms with Crippen LogP contribution in [0.2, 0.25) is 0 Å². The number of benzene rings is 1. The van der Waals surface area contributed by atoms with Crippen molar-refractivity contribution in [2.75, 3.05) is 11.9 Å². The summed E-state index contributed by atoms with van der Waals surface area (Å²) in [6.07, 6.45) is 2.51. The first-order valence-corrected chi connectivity index (χ1v) is 7.57. The van der Waals surface area contributed by atoms with Crippen molar-refractivity contribution in [1.29, 1.82) is 0 Å². The van der Waals surface area contributed by atoms with Crippen LogP contribution in [0.4, 0.5) is 10.1 Å². The molecule has 0 amide bonds. The molecule has 0 saturated carbocycles. The SMILES string of the molecule is NC(=S)c1ccc(NCCc2nccs2)c(F)c1Br. The van der Waals surface area contributed by atoms with Crippen molar-refractivity contribution in [2.24, 2.45) is 5.73 Å². The summed E-state index contributed by atoms with van der Waals surface area (Å²) in [4.78, 5) is 4.33. The molecule has 0 aliphatic rings.